The number of carbonyl (C=O) groups excluding carboxylic acids is 1. The molecule has 1 aromatic carbocycles. The highest BCUT2D eigenvalue weighted by Crippen LogP contribution is 2.40. The maximum absolute atomic E-state index is 12.9. The van der Waals surface area contributed by atoms with Crippen LogP contribution in [-0.4, -0.2) is 44.8 Å². The topological polar surface area (TPSA) is 83.8 Å². The second kappa shape index (κ2) is 9.76. The molecule has 1 aromatic rings. The summed E-state index contributed by atoms with van der Waals surface area (Å²) in [4.78, 5) is 14.6. The molecular weight excluding hydrogens is 334 g/mol. The van der Waals surface area contributed by atoms with Gasteiger partial charge in [0.05, 0.1) is 39.5 Å². The van der Waals surface area contributed by atoms with Crippen LogP contribution in [0, 0.1) is 11.3 Å². The lowest BCUT2D eigenvalue weighted by molar-refractivity contribution is 0.169. The summed E-state index contributed by atoms with van der Waals surface area (Å²) in [6.45, 7) is 0.428. The molecule has 142 valence electrons. The van der Waals surface area contributed by atoms with Crippen molar-refractivity contribution < 1.29 is 19.0 Å². The smallest absolute Gasteiger partial charge is 0.322 e. The zero-order chi connectivity index (χ0) is 18.9. The summed E-state index contributed by atoms with van der Waals surface area (Å²) < 4.78 is 16.0. The molecule has 2 rings (SSSR count). The fourth-order valence-corrected chi connectivity index (χ4v) is 3.36. The molecule has 0 aromatic heterocycles. The lowest BCUT2D eigenvalue weighted by Gasteiger charge is -2.34. The van der Waals surface area contributed by atoms with Crippen molar-refractivity contribution in [2.45, 2.75) is 44.6 Å². The first-order valence-corrected chi connectivity index (χ1v) is 8.89. The Kier molecular flexibility index (Phi) is 7.39. The predicted octanol–water partition coefficient (Wildman–Crippen LogP) is 3.79. The Balaban J connectivity index is 2.20. The van der Waals surface area contributed by atoms with Crippen LogP contribution in [0.1, 0.15) is 38.5 Å². The van der Waals surface area contributed by atoms with Crippen LogP contribution in [0.4, 0.5) is 10.5 Å². The number of urea groups is 1. The molecule has 7 nitrogen and oxygen atoms in total. The highest BCUT2D eigenvalue weighted by molar-refractivity contribution is 5.90. The Morgan fingerprint density at radius 3 is 2.27 bits per heavy atom. The number of methoxy groups -OCH3 is 3. The number of ether oxygens (including phenoxy) is 3. The Bertz CT molecular complexity index is 626. The van der Waals surface area contributed by atoms with Crippen LogP contribution in [0.5, 0.6) is 17.2 Å². The van der Waals surface area contributed by atoms with E-state index in [0.29, 0.717) is 35.9 Å². The van der Waals surface area contributed by atoms with Crippen molar-refractivity contribution in [1.29, 1.82) is 5.26 Å². The van der Waals surface area contributed by atoms with E-state index in [1.54, 1.807) is 17.0 Å². The van der Waals surface area contributed by atoms with Gasteiger partial charge in [-0.15, -0.1) is 0 Å². The highest BCUT2D eigenvalue weighted by Gasteiger charge is 2.25. The molecule has 0 saturated heterocycles. The number of benzene rings is 1. The van der Waals surface area contributed by atoms with Gasteiger partial charge in [0.25, 0.3) is 0 Å². The summed E-state index contributed by atoms with van der Waals surface area (Å²) in [5.41, 5.74) is 0.558. The van der Waals surface area contributed by atoms with E-state index >= 15 is 0 Å². The quantitative estimate of drug-likeness (QED) is 0.799. The Morgan fingerprint density at radius 1 is 1.15 bits per heavy atom. The standard InChI is InChI=1S/C19H27N3O4/c1-24-16-12-14(13-17(25-2)18(16)26-3)21-19(23)22(11-7-10-20)15-8-5-4-6-9-15/h12-13,15H,4-9,11H2,1-3H3,(H,21,23). The monoisotopic (exact) mass is 361 g/mol. The Hall–Kier alpha value is -2.62. The van der Waals surface area contributed by atoms with Crippen LogP contribution in [0.3, 0.4) is 0 Å². The van der Waals surface area contributed by atoms with Crippen molar-refractivity contribution in [1.82, 2.24) is 4.90 Å². The van der Waals surface area contributed by atoms with Gasteiger partial charge in [-0.2, -0.15) is 5.26 Å². The van der Waals surface area contributed by atoms with Gasteiger partial charge in [-0.1, -0.05) is 19.3 Å². The third-order valence-electron chi connectivity index (χ3n) is 4.66. The highest BCUT2D eigenvalue weighted by atomic mass is 16.5. The molecule has 0 aliphatic heterocycles. The van der Waals surface area contributed by atoms with Gasteiger partial charge in [-0.25, -0.2) is 4.79 Å². The number of nitrogens with one attached hydrogen (secondary N) is 1. The number of anilines is 1. The first-order valence-electron chi connectivity index (χ1n) is 8.89. The largest absolute Gasteiger partial charge is 0.493 e. The normalized spacial score (nSPS) is 14.2. The van der Waals surface area contributed by atoms with E-state index in [1.807, 2.05) is 0 Å². The lowest BCUT2D eigenvalue weighted by Crippen LogP contribution is -2.44. The average molecular weight is 361 g/mol. The van der Waals surface area contributed by atoms with Gasteiger partial charge in [0, 0.05) is 24.7 Å². The van der Waals surface area contributed by atoms with E-state index in [1.165, 1.54) is 27.8 Å². The molecule has 2 amide bonds. The van der Waals surface area contributed by atoms with E-state index in [0.717, 1.165) is 25.7 Å². The van der Waals surface area contributed by atoms with Gasteiger partial charge in [0.2, 0.25) is 5.75 Å². The van der Waals surface area contributed by atoms with Gasteiger partial charge in [-0.05, 0) is 12.8 Å². The van der Waals surface area contributed by atoms with E-state index < -0.39 is 0 Å². The molecule has 0 heterocycles. The molecule has 26 heavy (non-hydrogen) atoms. The molecule has 1 aliphatic carbocycles. The van der Waals surface area contributed by atoms with Gasteiger partial charge in [0.1, 0.15) is 0 Å². The zero-order valence-corrected chi connectivity index (χ0v) is 15.7. The predicted molar refractivity (Wildman–Crippen MR) is 98.9 cm³/mol. The van der Waals surface area contributed by atoms with Crippen molar-refractivity contribution in [3.8, 4) is 23.3 Å². The van der Waals surface area contributed by atoms with Crippen LogP contribution < -0.4 is 19.5 Å². The van der Waals surface area contributed by atoms with Crippen LogP contribution in [0.2, 0.25) is 0 Å². The molecule has 1 fully saturated rings. The molecule has 0 bridgehead atoms. The molecule has 1 saturated carbocycles. The number of amides is 2. The first-order chi connectivity index (χ1) is 12.6. The van der Waals surface area contributed by atoms with Crippen molar-refractivity contribution >= 4 is 11.7 Å². The summed E-state index contributed by atoms with van der Waals surface area (Å²) in [5, 5.41) is 11.8. The van der Waals surface area contributed by atoms with E-state index in [9.17, 15) is 4.79 Å². The van der Waals surface area contributed by atoms with Crippen LogP contribution in [0.25, 0.3) is 0 Å². The second-order valence-electron chi connectivity index (χ2n) is 6.24. The van der Waals surface area contributed by atoms with Gasteiger partial charge < -0.3 is 24.4 Å². The molecule has 1 aliphatic rings. The molecule has 0 spiro atoms. The Morgan fingerprint density at radius 2 is 1.77 bits per heavy atom. The van der Waals surface area contributed by atoms with E-state index in [4.69, 9.17) is 19.5 Å². The van der Waals surface area contributed by atoms with E-state index in [2.05, 4.69) is 11.4 Å². The summed E-state index contributed by atoms with van der Waals surface area (Å²) in [7, 11) is 4.60. The third-order valence-corrected chi connectivity index (χ3v) is 4.66. The Labute approximate surface area is 154 Å². The molecule has 1 N–H and O–H groups in total. The summed E-state index contributed by atoms with van der Waals surface area (Å²) in [6.07, 6.45) is 5.72. The summed E-state index contributed by atoms with van der Waals surface area (Å²) in [5.74, 6) is 1.42. The molecular formula is C19H27N3O4. The summed E-state index contributed by atoms with van der Waals surface area (Å²) >= 11 is 0. The zero-order valence-electron chi connectivity index (χ0n) is 15.7. The van der Waals surface area contributed by atoms with Crippen LogP contribution in [-0.2, 0) is 0 Å². The average Bonchev–Trinajstić information content (AvgIpc) is 2.68. The van der Waals surface area contributed by atoms with Crippen LogP contribution >= 0.6 is 0 Å². The fourth-order valence-electron chi connectivity index (χ4n) is 3.36. The maximum atomic E-state index is 12.9. The fraction of sp³-hybridized carbons (Fsp3) is 0.579. The SMILES string of the molecule is COc1cc(NC(=O)N(CCC#N)C2CCCCC2)cc(OC)c1OC. The summed E-state index contributed by atoms with van der Waals surface area (Å²) in [6, 6.07) is 5.50. The van der Waals surface area contributed by atoms with Gasteiger partial charge in [0.15, 0.2) is 11.5 Å². The number of hydrogen-bond acceptors (Lipinski definition) is 5. The van der Waals surface area contributed by atoms with Crippen LogP contribution in [0.15, 0.2) is 12.1 Å². The van der Waals surface area contributed by atoms with Gasteiger partial charge in [-0.3, -0.25) is 0 Å². The second-order valence-corrected chi connectivity index (χ2v) is 6.24. The molecule has 0 radical (unpaired) electrons. The molecule has 7 heteroatoms. The van der Waals surface area contributed by atoms with Crippen molar-refractivity contribution in [2.75, 3.05) is 33.2 Å². The third kappa shape index (κ3) is 4.72. The lowest BCUT2D eigenvalue weighted by atomic mass is 9.94. The minimum atomic E-state index is -0.207. The first kappa shape index (κ1) is 19.7. The minimum Gasteiger partial charge on any atom is -0.493 e. The van der Waals surface area contributed by atoms with Gasteiger partial charge >= 0.3 is 6.03 Å². The number of carbonyl (C=O) groups is 1. The maximum Gasteiger partial charge on any atom is 0.322 e. The number of hydrogen-bond donors (Lipinski definition) is 1. The molecule has 0 atom stereocenters. The minimum absolute atomic E-state index is 0.180. The van der Waals surface area contributed by atoms with Crippen molar-refractivity contribution in [2.24, 2.45) is 0 Å². The number of rotatable bonds is 7. The number of nitriles is 1. The molecule has 0 unspecified atom stereocenters. The van der Waals surface area contributed by atoms with E-state index in [-0.39, 0.29) is 12.1 Å². The van der Waals surface area contributed by atoms with Crippen molar-refractivity contribution in [3.05, 3.63) is 12.1 Å². The number of nitrogens with zero attached hydrogens (tertiary/aromatic N) is 2. The van der Waals surface area contributed by atoms with Crippen molar-refractivity contribution in [3.63, 3.8) is 0 Å².